The number of hydrogen-bond acceptors (Lipinski definition) is 5. The van der Waals surface area contributed by atoms with Gasteiger partial charge in [-0.25, -0.2) is 0 Å². The average Bonchev–Trinajstić information content (AvgIpc) is 3.12. The highest BCUT2D eigenvalue weighted by Gasteiger charge is 2.26. The summed E-state index contributed by atoms with van der Waals surface area (Å²) in [5.41, 5.74) is 2.05. The van der Waals surface area contributed by atoms with Gasteiger partial charge in [-0.1, -0.05) is 54.6 Å². The van der Waals surface area contributed by atoms with E-state index in [0.29, 0.717) is 18.8 Å². The lowest BCUT2D eigenvalue weighted by Crippen LogP contribution is -2.22. The van der Waals surface area contributed by atoms with Crippen LogP contribution in [0.3, 0.4) is 0 Å². The first-order valence-corrected chi connectivity index (χ1v) is 10.5. The third-order valence-corrected chi connectivity index (χ3v) is 6.17. The van der Waals surface area contributed by atoms with E-state index in [1.165, 1.54) is 11.8 Å². The van der Waals surface area contributed by atoms with Gasteiger partial charge in [0.15, 0.2) is 11.0 Å². The van der Waals surface area contributed by atoms with Crippen LogP contribution in [0.5, 0.6) is 5.75 Å². The van der Waals surface area contributed by atoms with Crippen molar-refractivity contribution >= 4 is 17.5 Å². The van der Waals surface area contributed by atoms with Gasteiger partial charge in [0.1, 0.15) is 18.1 Å². The maximum absolute atomic E-state index is 12.3. The Morgan fingerprint density at radius 2 is 1.86 bits per heavy atom. The average molecular weight is 394 g/mol. The molecule has 0 N–H and O–H groups in total. The van der Waals surface area contributed by atoms with Crippen LogP contribution in [0.1, 0.15) is 37.1 Å². The highest BCUT2D eigenvalue weighted by Crippen LogP contribution is 2.32. The van der Waals surface area contributed by atoms with E-state index in [9.17, 15) is 4.79 Å². The summed E-state index contributed by atoms with van der Waals surface area (Å²) in [5, 5.41) is 9.49. The normalized spacial score (nSPS) is 16.9. The van der Waals surface area contributed by atoms with Crippen LogP contribution in [0.4, 0.5) is 0 Å². The maximum Gasteiger partial charge on any atom is 0.196 e. The Morgan fingerprint density at radius 1 is 1.07 bits per heavy atom. The Morgan fingerprint density at radius 3 is 2.64 bits per heavy atom. The van der Waals surface area contributed by atoms with Crippen molar-refractivity contribution in [2.75, 3.05) is 0 Å². The number of aromatic nitrogens is 3. The number of para-hydroxylation sites is 2. The summed E-state index contributed by atoms with van der Waals surface area (Å²) >= 11 is 1.52. The number of ketones is 1. The van der Waals surface area contributed by atoms with Gasteiger partial charge in [0.05, 0.1) is 5.25 Å². The lowest BCUT2D eigenvalue weighted by molar-refractivity contribution is -0.119. The van der Waals surface area contributed by atoms with Crippen molar-refractivity contribution in [2.45, 2.75) is 49.6 Å². The second-order valence-corrected chi connectivity index (χ2v) is 8.11. The lowest BCUT2D eigenvalue weighted by atomic mass is 9.99. The van der Waals surface area contributed by atoms with Crippen molar-refractivity contribution in [3.8, 4) is 11.4 Å². The molecule has 0 aliphatic heterocycles. The number of benzene rings is 2. The van der Waals surface area contributed by atoms with Crippen LogP contribution >= 0.6 is 11.8 Å². The maximum atomic E-state index is 12.3. The molecule has 0 saturated heterocycles. The number of rotatable bonds is 6. The minimum absolute atomic E-state index is 0.0365. The molecule has 0 spiro atoms. The van der Waals surface area contributed by atoms with Gasteiger partial charge in [0.2, 0.25) is 0 Å². The summed E-state index contributed by atoms with van der Waals surface area (Å²) in [5.74, 6) is 1.87. The molecule has 1 atom stereocenters. The second kappa shape index (κ2) is 8.61. The van der Waals surface area contributed by atoms with Crippen molar-refractivity contribution in [3.05, 3.63) is 66.0 Å². The molecule has 0 amide bonds. The van der Waals surface area contributed by atoms with E-state index in [1.807, 2.05) is 66.1 Å². The van der Waals surface area contributed by atoms with Crippen LogP contribution in [-0.4, -0.2) is 25.8 Å². The van der Waals surface area contributed by atoms with Crippen molar-refractivity contribution < 1.29 is 9.53 Å². The fourth-order valence-corrected chi connectivity index (χ4v) is 4.56. The Hall–Kier alpha value is -2.60. The first kappa shape index (κ1) is 18.7. The smallest absolute Gasteiger partial charge is 0.196 e. The Bertz CT molecular complexity index is 955. The van der Waals surface area contributed by atoms with E-state index in [-0.39, 0.29) is 5.25 Å². The fourth-order valence-electron chi connectivity index (χ4n) is 3.37. The number of carbonyl (C=O) groups excluding carboxylic acids is 1. The van der Waals surface area contributed by atoms with E-state index < -0.39 is 0 Å². The van der Waals surface area contributed by atoms with Gasteiger partial charge in [0, 0.05) is 12.1 Å². The number of thioether (sulfide) groups is 1. The Balaban J connectivity index is 1.62. The van der Waals surface area contributed by atoms with E-state index in [4.69, 9.17) is 4.74 Å². The standard InChI is InChI=1S/C22H23N3O2S/c1-16-9-5-7-13-19(16)27-15-21-23-24-22(25(21)17-10-3-2-4-11-17)28-20-14-8-6-12-18(20)26/h2-5,7,9-11,13,20H,6,8,12,14-15H2,1H3. The molecular weight excluding hydrogens is 370 g/mol. The number of aryl methyl sites for hydroxylation is 1. The molecule has 5 nitrogen and oxygen atoms in total. The number of hydrogen-bond donors (Lipinski definition) is 0. The molecule has 0 radical (unpaired) electrons. The first-order valence-electron chi connectivity index (χ1n) is 9.60. The van der Waals surface area contributed by atoms with Crippen molar-refractivity contribution in [1.29, 1.82) is 0 Å². The van der Waals surface area contributed by atoms with Gasteiger partial charge in [-0.15, -0.1) is 10.2 Å². The summed E-state index contributed by atoms with van der Waals surface area (Å²) in [4.78, 5) is 12.3. The van der Waals surface area contributed by atoms with E-state index in [2.05, 4.69) is 10.2 Å². The van der Waals surface area contributed by atoms with Crippen LogP contribution in [-0.2, 0) is 11.4 Å². The molecule has 0 bridgehead atoms. The van der Waals surface area contributed by atoms with Crippen molar-refractivity contribution in [3.63, 3.8) is 0 Å². The molecule has 28 heavy (non-hydrogen) atoms. The molecular formula is C22H23N3O2S. The summed E-state index contributed by atoms with van der Waals surface area (Å²) in [6.45, 7) is 2.33. The zero-order valence-electron chi connectivity index (χ0n) is 15.9. The number of Topliss-reactive ketones (excluding diaryl/α,β-unsaturated/α-hetero) is 1. The lowest BCUT2D eigenvalue weighted by Gasteiger charge is -2.20. The van der Waals surface area contributed by atoms with Gasteiger partial charge < -0.3 is 4.74 Å². The number of carbonyl (C=O) groups is 1. The highest BCUT2D eigenvalue weighted by atomic mass is 32.2. The van der Waals surface area contributed by atoms with Gasteiger partial charge in [0.25, 0.3) is 0 Å². The van der Waals surface area contributed by atoms with Gasteiger partial charge >= 0.3 is 0 Å². The molecule has 1 aliphatic rings. The summed E-state index contributed by atoms with van der Waals surface area (Å²) in [7, 11) is 0. The van der Waals surface area contributed by atoms with Crippen LogP contribution < -0.4 is 4.74 Å². The molecule has 1 heterocycles. The van der Waals surface area contributed by atoms with Crippen molar-refractivity contribution in [2.24, 2.45) is 0 Å². The summed E-state index contributed by atoms with van der Waals surface area (Å²) in [6, 6.07) is 17.9. The summed E-state index contributed by atoms with van der Waals surface area (Å²) < 4.78 is 8.01. The van der Waals surface area contributed by atoms with Gasteiger partial charge in [-0.3, -0.25) is 9.36 Å². The topological polar surface area (TPSA) is 57.0 Å². The second-order valence-electron chi connectivity index (χ2n) is 6.94. The minimum atomic E-state index is -0.0365. The number of ether oxygens (including phenoxy) is 1. The van der Waals surface area contributed by atoms with Crippen LogP contribution in [0.2, 0.25) is 0 Å². The van der Waals surface area contributed by atoms with E-state index >= 15 is 0 Å². The predicted octanol–water partition coefficient (Wildman–Crippen LogP) is 4.76. The van der Waals surface area contributed by atoms with Crippen LogP contribution in [0, 0.1) is 6.92 Å². The van der Waals surface area contributed by atoms with Gasteiger partial charge in [-0.05, 0) is 43.5 Å². The fraction of sp³-hybridized carbons (Fsp3) is 0.318. The quantitative estimate of drug-likeness (QED) is 0.604. The zero-order valence-corrected chi connectivity index (χ0v) is 16.7. The van der Waals surface area contributed by atoms with Crippen LogP contribution in [0.25, 0.3) is 5.69 Å². The molecule has 1 aliphatic carbocycles. The molecule has 2 aromatic carbocycles. The van der Waals surface area contributed by atoms with Crippen molar-refractivity contribution in [1.82, 2.24) is 14.8 Å². The molecule has 144 valence electrons. The van der Waals surface area contributed by atoms with E-state index in [1.54, 1.807) is 0 Å². The monoisotopic (exact) mass is 393 g/mol. The SMILES string of the molecule is Cc1ccccc1OCc1nnc(SC2CCCCC2=O)n1-c1ccccc1. The Labute approximate surface area is 169 Å². The Kier molecular flexibility index (Phi) is 5.76. The number of nitrogens with zero attached hydrogens (tertiary/aromatic N) is 3. The molecule has 3 aromatic rings. The predicted molar refractivity (Wildman–Crippen MR) is 110 cm³/mol. The molecule has 1 aromatic heterocycles. The first-order chi connectivity index (χ1) is 13.7. The largest absolute Gasteiger partial charge is 0.485 e. The third-order valence-electron chi connectivity index (χ3n) is 4.91. The summed E-state index contributed by atoms with van der Waals surface area (Å²) in [6.07, 6.45) is 3.66. The zero-order chi connectivity index (χ0) is 19.3. The molecule has 4 rings (SSSR count). The molecule has 1 fully saturated rings. The van der Waals surface area contributed by atoms with E-state index in [0.717, 1.165) is 47.2 Å². The molecule has 1 unspecified atom stereocenters. The van der Waals surface area contributed by atoms with Crippen LogP contribution in [0.15, 0.2) is 59.8 Å². The van der Waals surface area contributed by atoms with Gasteiger partial charge in [-0.2, -0.15) is 0 Å². The highest BCUT2D eigenvalue weighted by molar-refractivity contribution is 8.00. The minimum Gasteiger partial charge on any atom is -0.485 e. The molecule has 6 heteroatoms. The third kappa shape index (κ3) is 4.12. The molecule has 1 saturated carbocycles.